The van der Waals surface area contributed by atoms with Gasteiger partial charge in [0, 0.05) is 0 Å². The highest BCUT2D eigenvalue weighted by atomic mass is 16.5. The highest BCUT2D eigenvalue weighted by Gasteiger charge is 2.10. The van der Waals surface area contributed by atoms with Gasteiger partial charge in [-0.15, -0.1) is 0 Å². The molecule has 0 N–H and O–H groups in total. The van der Waals surface area contributed by atoms with E-state index in [1.165, 1.54) is 70.6 Å². The lowest BCUT2D eigenvalue weighted by Gasteiger charge is -2.06. The molecule has 0 bridgehead atoms. The second-order valence-electron chi connectivity index (χ2n) is 8.12. The van der Waals surface area contributed by atoms with E-state index in [-0.39, 0.29) is 12.6 Å². The van der Waals surface area contributed by atoms with Gasteiger partial charge in [-0.3, -0.25) is 0 Å². The number of rotatable bonds is 18. The molecular weight excluding hydrogens is 388 g/mol. The van der Waals surface area contributed by atoms with Crippen molar-refractivity contribution in [2.24, 2.45) is 0 Å². The molecule has 0 aliphatic rings. The Morgan fingerprint density at radius 2 is 1.10 bits per heavy atom. The number of benzene rings is 1. The van der Waals surface area contributed by atoms with Gasteiger partial charge in [-0.05, 0) is 37.6 Å². The first-order chi connectivity index (χ1) is 15.2. The van der Waals surface area contributed by atoms with Crippen molar-refractivity contribution in [2.45, 2.75) is 97.3 Å². The van der Waals surface area contributed by atoms with Gasteiger partial charge in [0.05, 0.1) is 17.7 Å². The maximum absolute atomic E-state index is 12.1. The van der Waals surface area contributed by atoms with Gasteiger partial charge < -0.3 is 9.47 Å². The first kappa shape index (κ1) is 26.9. The minimum absolute atomic E-state index is 0.248. The molecule has 4 nitrogen and oxygen atoms in total. The molecular formula is C27H42O4. The van der Waals surface area contributed by atoms with Crippen LogP contribution in [0, 0.1) is 0 Å². The fourth-order valence-electron chi connectivity index (χ4n) is 3.41. The van der Waals surface area contributed by atoms with Gasteiger partial charge in [0.2, 0.25) is 0 Å². The molecule has 0 fully saturated rings. The summed E-state index contributed by atoms with van der Waals surface area (Å²) in [5.41, 5.74) is 0.886. The Morgan fingerprint density at radius 1 is 0.677 bits per heavy atom. The third kappa shape index (κ3) is 13.7. The molecule has 31 heavy (non-hydrogen) atoms. The Balaban J connectivity index is 2.02. The molecule has 0 saturated carbocycles. The van der Waals surface area contributed by atoms with E-state index in [2.05, 4.69) is 6.92 Å². The van der Waals surface area contributed by atoms with Gasteiger partial charge in [0.15, 0.2) is 0 Å². The predicted octanol–water partition coefficient (Wildman–Crippen LogP) is 7.67. The molecule has 4 heteroatoms. The molecule has 174 valence electrons. The van der Waals surface area contributed by atoms with Gasteiger partial charge in [-0.2, -0.15) is 0 Å². The van der Waals surface area contributed by atoms with Crippen molar-refractivity contribution in [1.29, 1.82) is 0 Å². The summed E-state index contributed by atoms with van der Waals surface area (Å²) >= 11 is 0. The third-order valence-corrected chi connectivity index (χ3v) is 5.38. The summed E-state index contributed by atoms with van der Waals surface area (Å²) in [6.45, 7) is 4.82. The van der Waals surface area contributed by atoms with Crippen LogP contribution in [-0.4, -0.2) is 25.2 Å². The zero-order valence-electron chi connectivity index (χ0n) is 19.7. The average Bonchev–Trinajstić information content (AvgIpc) is 2.79. The van der Waals surface area contributed by atoms with E-state index in [0.717, 1.165) is 12.8 Å². The number of hydrogen-bond acceptors (Lipinski definition) is 4. The zero-order valence-corrected chi connectivity index (χ0v) is 19.7. The normalized spacial score (nSPS) is 11.0. The van der Waals surface area contributed by atoms with Gasteiger partial charge in [-0.25, -0.2) is 9.59 Å². The SMILES string of the molecule is C/C=C/COC(=O)c1ccc(C(=O)OCCCCCCCCCCCCCCC)cc1. The maximum Gasteiger partial charge on any atom is 0.338 e. The molecule has 0 amide bonds. The molecule has 1 aromatic carbocycles. The van der Waals surface area contributed by atoms with E-state index in [9.17, 15) is 9.59 Å². The minimum Gasteiger partial charge on any atom is -0.462 e. The van der Waals surface area contributed by atoms with Crippen LogP contribution in [0.15, 0.2) is 36.4 Å². The fraction of sp³-hybridized carbons (Fsp3) is 0.630. The number of allylic oxidation sites excluding steroid dienone is 1. The molecule has 1 aromatic rings. The second kappa shape index (κ2) is 18.7. The minimum atomic E-state index is -0.398. The smallest absolute Gasteiger partial charge is 0.338 e. The van der Waals surface area contributed by atoms with Crippen molar-refractivity contribution in [3.05, 3.63) is 47.5 Å². The van der Waals surface area contributed by atoms with Crippen LogP contribution in [0.25, 0.3) is 0 Å². The Bertz CT molecular complexity index is 619. The molecule has 0 aromatic heterocycles. The molecule has 0 unspecified atom stereocenters. The number of esters is 2. The molecule has 0 aliphatic heterocycles. The van der Waals surface area contributed by atoms with Crippen LogP contribution >= 0.6 is 0 Å². The summed E-state index contributed by atoms with van der Waals surface area (Å²) in [5, 5.41) is 0. The number of unbranched alkanes of at least 4 members (excludes halogenated alkanes) is 12. The Kier molecular flexibility index (Phi) is 16.2. The van der Waals surface area contributed by atoms with Gasteiger partial charge in [-0.1, -0.05) is 96.1 Å². The van der Waals surface area contributed by atoms with Gasteiger partial charge >= 0.3 is 11.9 Å². The second-order valence-corrected chi connectivity index (χ2v) is 8.12. The van der Waals surface area contributed by atoms with Crippen LogP contribution in [0.5, 0.6) is 0 Å². The average molecular weight is 431 g/mol. The van der Waals surface area contributed by atoms with Crippen LogP contribution in [0.1, 0.15) is 118 Å². The van der Waals surface area contributed by atoms with E-state index < -0.39 is 5.97 Å². The van der Waals surface area contributed by atoms with Crippen LogP contribution in [0.3, 0.4) is 0 Å². The fourth-order valence-corrected chi connectivity index (χ4v) is 3.41. The van der Waals surface area contributed by atoms with Crippen LogP contribution in [0.2, 0.25) is 0 Å². The maximum atomic E-state index is 12.1. The topological polar surface area (TPSA) is 52.6 Å². The van der Waals surface area contributed by atoms with E-state index >= 15 is 0 Å². The van der Waals surface area contributed by atoms with Crippen LogP contribution in [-0.2, 0) is 9.47 Å². The monoisotopic (exact) mass is 430 g/mol. The van der Waals surface area contributed by atoms with Crippen molar-refractivity contribution in [1.82, 2.24) is 0 Å². The lowest BCUT2D eigenvalue weighted by molar-refractivity contribution is 0.0494. The van der Waals surface area contributed by atoms with Crippen molar-refractivity contribution in [3.63, 3.8) is 0 Å². The number of carbonyl (C=O) groups excluding carboxylic acids is 2. The van der Waals surface area contributed by atoms with Crippen LogP contribution < -0.4 is 0 Å². The van der Waals surface area contributed by atoms with E-state index in [1.54, 1.807) is 30.3 Å². The predicted molar refractivity (Wildman–Crippen MR) is 128 cm³/mol. The molecule has 0 spiro atoms. The van der Waals surface area contributed by atoms with E-state index in [1.807, 2.05) is 13.0 Å². The molecule has 0 heterocycles. The molecule has 0 atom stereocenters. The molecule has 0 radical (unpaired) electrons. The standard InChI is InChI=1S/C27H42O4/c1-3-5-7-8-9-10-11-12-13-14-15-16-17-23-31-27(29)25-20-18-24(19-21-25)26(28)30-22-6-4-2/h4,6,18-21H,3,5,7-17,22-23H2,1-2H3/b6-4+. The Hall–Kier alpha value is -2.10. The number of ether oxygens (including phenoxy) is 2. The lowest BCUT2D eigenvalue weighted by Crippen LogP contribution is -2.08. The lowest BCUT2D eigenvalue weighted by atomic mass is 10.0. The highest BCUT2D eigenvalue weighted by Crippen LogP contribution is 2.13. The summed E-state index contributed by atoms with van der Waals surface area (Å²) in [6, 6.07) is 6.41. The third-order valence-electron chi connectivity index (χ3n) is 5.38. The van der Waals surface area contributed by atoms with Crippen molar-refractivity contribution in [3.8, 4) is 0 Å². The number of carbonyl (C=O) groups is 2. The molecule has 1 rings (SSSR count). The van der Waals surface area contributed by atoms with Gasteiger partial charge in [0.1, 0.15) is 6.61 Å². The van der Waals surface area contributed by atoms with E-state index in [4.69, 9.17) is 9.47 Å². The Labute approximate surface area is 189 Å². The first-order valence-corrected chi connectivity index (χ1v) is 12.2. The summed E-state index contributed by atoms with van der Waals surface area (Å²) in [5.74, 6) is -0.738. The molecule has 0 saturated heterocycles. The highest BCUT2D eigenvalue weighted by molar-refractivity contribution is 5.93. The summed E-state index contributed by atoms with van der Waals surface area (Å²) < 4.78 is 10.4. The van der Waals surface area contributed by atoms with Gasteiger partial charge in [0.25, 0.3) is 0 Å². The first-order valence-electron chi connectivity index (χ1n) is 12.2. The van der Waals surface area contributed by atoms with Crippen LogP contribution in [0.4, 0.5) is 0 Å². The van der Waals surface area contributed by atoms with Crippen molar-refractivity contribution in [2.75, 3.05) is 13.2 Å². The quantitative estimate of drug-likeness (QED) is 0.136. The summed E-state index contributed by atoms with van der Waals surface area (Å²) in [6.07, 6.45) is 20.4. The summed E-state index contributed by atoms with van der Waals surface area (Å²) in [7, 11) is 0. The Morgan fingerprint density at radius 3 is 1.55 bits per heavy atom. The van der Waals surface area contributed by atoms with Crippen molar-refractivity contribution >= 4 is 11.9 Å². The largest absolute Gasteiger partial charge is 0.462 e. The zero-order chi connectivity index (χ0) is 22.6. The van der Waals surface area contributed by atoms with E-state index in [0.29, 0.717) is 17.7 Å². The molecule has 0 aliphatic carbocycles. The van der Waals surface area contributed by atoms with Crippen molar-refractivity contribution < 1.29 is 19.1 Å². The summed E-state index contributed by atoms with van der Waals surface area (Å²) in [4.78, 5) is 24.0. The number of hydrogen-bond donors (Lipinski definition) is 0.